The summed E-state index contributed by atoms with van der Waals surface area (Å²) in [5.74, 6) is -0.231. The normalized spacial score (nSPS) is 21.5. The summed E-state index contributed by atoms with van der Waals surface area (Å²) in [6.07, 6.45) is 8.57. The van der Waals surface area contributed by atoms with Crippen LogP contribution < -0.4 is 5.32 Å². The average molecular weight is 476 g/mol. The minimum atomic E-state index is -0.231. The largest absolute Gasteiger partial charge is 0.365 e. The predicted octanol–water partition coefficient (Wildman–Crippen LogP) is 5.65. The first-order valence-corrected chi connectivity index (χ1v) is 12.3. The zero-order chi connectivity index (χ0) is 25.1. The van der Waals surface area contributed by atoms with Crippen LogP contribution in [0.1, 0.15) is 46.7 Å². The Labute approximate surface area is 209 Å². The summed E-state index contributed by atoms with van der Waals surface area (Å²) in [5.41, 5.74) is 7.61. The Morgan fingerprint density at radius 2 is 2.09 bits per heavy atom. The van der Waals surface area contributed by atoms with Crippen molar-refractivity contribution in [1.82, 2.24) is 20.0 Å². The topological polar surface area (TPSA) is 45.4 Å². The summed E-state index contributed by atoms with van der Waals surface area (Å²) in [5, 5.41) is 7.90. The summed E-state index contributed by atoms with van der Waals surface area (Å²) in [4.78, 5) is 7.50. The number of hydrogen-bond acceptors (Lipinski definition) is 4. The molecule has 2 aliphatic rings. The van der Waals surface area contributed by atoms with Gasteiger partial charge >= 0.3 is 0 Å². The Bertz CT molecular complexity index is 1240. The Morgan fingerprint density at radius 1 is 1.31 bits per heavy atom. The number of rotatable bonds is 6. The summed E-state index contributed by atoms with van der Waals surface area (Å²) in [6.45, 7) is 15.3. The molecule has 0 saturated carbocycles. The second kappa shape index (κ2) is 10.6. The first-order chi connectivity index (χ1) is 16.8. The molecular formula is C29H38FN5. The van der Waals surface area contributed by atoms with Crippen LogP contribution in [0.15, 0.2) is 77.2 Å². The van der Waals surface area contributed by atoms with E-state index in [1.807, 2.05) is 44.6 Å². The van der Waals surface area contributed by atoms with Gasteiger partial charge in [0.25, 0.3) is 0 Å². The van der Waals surface area contributed by atoms with Crippen LogP contribution in [0, 0.1) is 5.82 Å². The third kappa shape index (κ3) is 5.22. The molecule has 0 bridgehead atoms. The van der Waals surface area contributed by atoms with Crippen molar-refractivity contribution in [3.63, 3.8) is 0 Å². The maximum absolute atomic E-state index is 15.2. The smallest absolute Gasteiger partial charge is 0.131 e. The van der Waals surface area contributed by atoms with Gasteiger partial charge in [0.1, 0.15) is 5.82 Å². The van der Waals surface area contributed by atoms with Crippen molar-refractivity contribution >= 4 is 16.9 Å². The highest BCUT2D eigenvalue weighted by atomic mass is 19.1. The fraction of sp³-hybridized carbons (Fsp3) is 0.379. The quantitative estimate of drug-likeness (QED) is 0.587. The van der Waals surface area contributed by atoms with Crippen LogP contribution >= 0.6 is 0 Å². The van der Waals surface area contributed by atoms with Crippen LogP contribution in [0.2, 0.25) is 0 Å². The molecule has 4 rings (SSSR count). The van der Waals surface area contributed by atoms with E-state index in [1.54, 1.807) is 10.7 Å². The molecule has 1 aromatic carbocycles. The summed E-state index contributed by atoms with van der Waals surface area (Å²) in [6, 6.07) is 7.65. The minimum Gasteiger partial charge on any atom is -0.365 e. The fourth-order valence-electron chi connectivity index (χ4n) is 4.96. The lowest BCUT2D eigenvalue weighted by Gasteiger charge is -2.42. The van der Waals surface area contributed by atoms with Gasteiger partial charge < -0.3 is 10.2 Å². The molecule has 5 nitrogen and oxygen atoms in total. The summed E-state index contributed by atoms with van der Waals surface area (Å²) in [7, 11) is 1.90. The van der Waals surface area contributed by atoms with Gasteiger partial charge in [-0.1, -0.05) is 36.9 Å². The predicted molar refractivity (Wildman–Crippen MR) is 146 cm³/mol. The molecule has 0 amide bonds. The molecule has 0 spiro atoms. The van der Waals surface area contributed by atoms with Gasteiger partial charge in [-0.25, -0.2) is 4.39 Å². The lowest BCUT2D eigenvalue weighted by molar-refractivity contribution is 0.193. The van der Waals surface area contributed by atoms with E-state index in [-0.39, 0.29) is 7.24 Å². The number of nitrogens with one attached hydrogen (secondary N) is 1. The van der Waals surface area contributed by atoms with E-state index >= 15 is 4.39 Å². The van der Waals surface area contributed by atoms with Crippen LogP contribution in [-0.2, 0) is 7.05 Å². The zero-order valence-electron chi connectivity index (χ0n) is 21.5. The van der Waals surface area contributed by atoms with Gasteiger partial charge in [-0.2, -0.15) is 5.10 Å². The number of hydrogen-bond donors (Lipinski definition) is 1. The average Bonchev–Trinajstić information content (AvgIpc) is 3.21. The molecule has 2 aromatic rings. The first-order valence-electron chi connectivity index (χ1n) is 12.3. The van der Waals surface area contributed by atoms with Crippen molar-refractivity contribution in [2.45, 2.75) is 46.2 Å². The highest BCUT2D eigenvalue weighted by Gasteiger charge is 2.31. The van der Waals surface area contributed by atoms with Crippen molar-refractivity contribution in [2.75, 3.05) is 19.6 Å². The summed E-state index contributed by atoms with van der Waals surface area (Å²) < 4.78 is 17.0. The second-order valence-electron chi connectivity index (χ2n) is 9.57. The van der Waals surface area contributed by atoms with Crippen molar-refractivity contribution in [2.24, 2.45) is 12.0 Å². The minimum absolute atomic E-state index is 0. The highest BCUT2D eigenvalue weighted by Crippen LogP contribution is 2.37. The van der Waals surface area contributed by atoms with E-state index in [0.717, 1.165) is 46.8 Å². The molecule has 1 fully saturated rings. The maximum atomic E-state index is 15.2. The van der Waals surface area contributed by atoms with E-state index in [9.17, 15) is 0 Å². The highest BCUT2D eigenvalue weighted by molar-refractivity contribution is 6.17. The molecule has 1 saturated heterocycles. The first kappa shape index (κ1) is 24.9. The molecule has 1 N–H and O–H groups in total. The molecule has 3 heterocycles. The van der Waals surface area contributed by atoms with Crippen molar-refractivity contribution in [1.29, 1.82) is 0 Å². The van der Waals surface area contributed by atoms with Crippen LogP contribution in [0.5, 0.6) is 0 Å². The molecule has 1 aromatic heterocycles. The van der Waals surface area contributed by atoms with E-state index in [1.165, 1.54) is 11.6 Å². The Hall–Kier alpha value is -3.25. The number of halogens is 1. The van der Waals surface area contributed by atoms with Gasteiger partial charge in [0, 0.05) is 74.4 Å². The molecule has 2 atom stereocenters. The van der Waals surface area contributed by atoms with Crippen molar-refractivity contribution in [3.05, 3.63) is 89.2 Å². The number of benzene rings is 1. The van der Waals surface area contributed by atoms with E-state index in [2.05, 4.69) is 48.7 Å². The van der Waals surface area contributed by atoms with E-state index in [4.69, 9.17) is 4.99 Å². The number of nitrogens with zero attached hydrogens (tertiary/aromatic N) is 4. The third-order valence-electron chi connectivity index (χ3n) is 6.85. The molecule has 0 unspecified atom stereocenters. The Kier molecular flexibility index (Phi) is 7.51. The standard InChI is InChI=1S/C29H36FN5.H2/c1-7-24(25-10-8-9-11-26(25)30)28-27(14-20(3)23-16-33-34(6)18-23)31-13-12-19(2)29(28)35-17-21(4)32-15-22(35)5;/h7-12,16,18,21-22,32H,3,13-15,17H2,1-2,4-6H3;1H/b24-7-;/t21-,22+;/m1./s1. The van der Waals surface area contributed by atoms with Crippen LogP contribution in [0.25, 0.3) is 11.1 Å². The molecule has 6 heteroatoms. The van der Waals surface area contributed by atoms with Gasteiger partial charge in [-0.15, -0.1) is 0 Å². The second-order valence-corrected chi connectivity index (χ2v) is 9.57. The van der Waals surface area contributed by atoms with Gasteiger partial charge in [0.15, 0.2) is 0 Å². The van der Waals surface area contributed by atoms with E-state index < -0.39 is 0 Å². The number of aryl methyl sites for hydroxylation is 1. The molecule has 2 aliphatic heterocycles. The number of aromatic nitrogens is 2. The van der Waals surface area contributed by atoms with Gasteiger partial charge in [-0.3, -0.25) is 9.67 Å². The molecule has 0 radical (unpaired) electrons. The number of allylic oxidation sites excluding steroid dienone is 5. The monoisotopic (exact) mass is 475 g/mol. The lowest BCUT2D eigenvalue weighted by atomic mass is 9.86. The van der Waals surface area contributed by atoms with Crippen LogP contribution in [0.4, 0.5) is 4.39 Å². The number of piperazine rings is 1. The molecule has 186 valence electrons. The van der Waals surface area contributed by atoms with Crippen molar-refractivity contribution < 1.29 is 5.82 Å². The van der Waals surface area contributed by atoms with E-state index in [0.29, 0.717) is 30.6 Å². The summed E-state index contributed by atoms with van der Waals surface area (Å²) >= 11 is 0. The SMILES string of the molecule is C=C(CC1=NCC=C(C)C(N2C[C@@H](C)NC[C@@H]2C)=C1/C(=C\C)c1ccccc1F)c1cnn(C)c1.[HH]. The number of aliphatic imine (C=N–C) groups is 1. The molecule has 35 heavy (non-hydrogen) atoms. The van der Waals surface area contributed by atoms with Crippen LogP contribution in [-0.4, -0.2) is 52.1 Å². The van der Waals surface area contributed by atoms with Gasteiger partial charge in [-0.05, 0) is 50.5 Å². The Balaban J connectivity index is 0.00000361. The van der Waals surface area contributed by atoms with Gasteiger partial charge in [0.2, 0.25) is 0 Å². The lowest BCUT2D eigenvalue weighted by Crippen LogP contribution is -2.54. The zero-order valence-corrected chi connectivity index (χ0v) is 21.5. The van der Waals surface area contributed by atoms with Crippen molar-refractivity contribution in [3.8, 4) is 0 Å². The third-order valence-corrected chi connectivity index (χ3v) is 6.85. The Morgan fingerprint density at radius 3 is 2.77 bits per heavy atom. The fourth-order valence-corrected chi connectivity index (χ4v) is 4.96. The molecule has 0 aliphatic carbocycles. The molecular weight excluding hydrogens is 437 g/mol. The van der Waals surface area contributed by atoms with Gasteiger partial charge in [0.05, 0.1) is 12.7 Å². The maximum Gasteiger partial charge on any atom is 0.131 e. The van der Waals surface area contributed by atoms with Crippen LogP contribution in [0.3, 0.4) is 0 Å².